The highest BCUT2D eigenvalue weighted by Gasteiger charge is 2.25. The van der Waals surface area contributed by atoms with E-state index < -0.39 is 10.0 Å². The number of benzene rings is 2. The fraction of sp³-hybridized carbons (Fsp3) is 0.333. The van der Waals surface area contributed by atoms with Gasteiger partial charge in [-0.05, 0) is 62.1 Å². The van der Waals surface area contributed by atoms with E-state index in [1.165, 1.54) is 0 Å². The maximum absolute atomic E-state index is 12.9. The van der Waals surface area contributed by atoms with Crippen LogP contribution < -0.4 is 0 Å². The van der Waals surface area contributed by atoms with E-state index in [-0.39, 0.29) is 11.3 Å². The Balaban J connectivity index is 1.57. The van der Waals surface area contributed by atoms with Gasteiger partial charge in [0.2, 0.25) is 10.0 Å². The molecule has 7 nitrogen and oxygen atoms in total. The molecule has 0 aliphatic carbocycles. The Morgan fingerprint density at radius 2 is 1.75 bits per heavy atom. The molecule has 0 unspecified atom stereocenters. The van der Waals surface area contributed by atoms with Crippen molar-refractivity contribution >= 4 is 10.0 Å². The second kappa shape index (κ2) is 8.77. The topological polar surface area (TPSA) is 99.2 Å². The first-order valence-electron chi connectivity index (χ1n) is 10.7. The summed E-state index contributed by atoms with van der Waals surface area (Å²) in [6.45, 7) is 5.54. The van der Waals surface area contributed by atoms with Crippen LogP contribution >= 0.6 is 0 Å². The first kappa shape index (κ1) is 22.1. The van der Waals surface area contributed by atoms with Crippen molar-refractivity contribution in [3.8, 4) is 22.9 Å². The monoisotopic (exact) mass is 450 g/mol. The first-order valence-corrected chi connectivity index (χ1v) is 12.1. The zero-order valence-electron chi connectivity index (χ0n) is 18.2. The van der Waals surface area contributed by atoms with Crippen LogP contribution in [0, 0.1) is 25.2 Å². The van der Waals surface area contributed by atoms with E-state index in [0.29, 0.717) is 24.5 Å². The molecule has 0 spiro atoms. The number of nitrogens with zero attached hydrogens (tertiary/aromatic N) is 4. The van der Waals surface area contributed by atoms with Gasteiger partial charge < -0.3 is 5.11 Å². The molecule has 1 aliphatic heterocycles. The van der Waals surface area contributed by atoms with Crippen molar-refractivity contribution in [2.75, 3.05) is 13.1 Å². The quantitative estimate of drug-likeness (QED) is 0.634. The SMILES string of the molecule is Cc1nn(Cc2ccc(S(=O)(=O)N3CCCCC3)cc2)c(C)c1-c1ccc(C#N)c(O)c1. The molecule has 3 aromatic rings. The number of hydrogen-bond acceptors (Lipinski definition) is 5. The van der Waals surface area contributed by atoms with Crippen molar-refractivity contribution in [3.05, 3.63) is 65.0 Å². The zero-order chi connectivity index (χ0) is 22.9. The third-order valence-corrected chi connectivity index (χ3v) is 7.91. The lowest BCUT2D eigenvalue weighted by Crippen LogP contribution is -2.35. The van der Waals surface area contributed by atoms with Gasteiger partial charge in [0.25, 0.3) is 0 Å². The predicted molar refractivity (Wildman–Crippen MR) is 122 cm³/mol. The lowest BCUT2D eigenvalue weighted by Gasteiger charge is -2.25. The van der Waals surface area contributed by atoms with Gasteiger partial charge in [-0.3, -0.25) is 4.68 Å². The fourth-order valence-electron chi connectivity index (χ4n) is 4.24. The molecule has 0 radical (unpaired) electrons. The van der Waals surface area contributed by atoms with Gasteiger partial charge in [0.1, 0.15) is 11.8 Å². The minimum absolute atomic E-state index is 0.0537. The van der Waals surface area contributed by atoms with Gasteiger partial charge in [0.15, 0.2) is 0 Å². The number of phenols is 1. The Morgan fingerprint density at radius 1 is 1.06 bits per heavy atom. The van der Waals surface area contributed by atoms with Crippen molar-refractivity contribution in [2.45, 2.75) is 44.6 Å². The Kier molecular flexibility index (Phi) is 6.04. The van der Waals surface area contributed by atoms with E-state index in [1.807, 2.05) is 36.7 Å². The Bertz CT molecular complexity index is 1280. The molecule has 2 heterocycles. The van der Waals surface area contributed by atoms with Crippen LogP contribution in [0.3, 0.4) is 0 Å². The Hall–Kier alpha value is -3.15. The van der Waals surface area contributed by atoms with Crippen LogP contribution in [0.15, 0.2) is 47.4 Å². The molecule has 166 valence electrons. The van der Waals surface area contributed by atoms with Crippen LogP contribution in [0.1, 0.15) is 41.8 Å². The summed E-state index contributed by atoms with van der Waals surface area (Å²) in [4.78, 5) is 0.324. The normalized spacial score (nSPS) is 14.9. The molecule has 1 aromatic heterocycles. The predicted octanol–water partition coefficient (Wildman–Crippen LogP) is 3.97. The molecule has 8 heteroatoms. The number of aryl methyl sites for hydroxylation is 1. The van der Waals surface area contributed by atoms with Crippen LogP contribution in [0.25, 0.3) is 11.1 Å². The van der Waals surface area contributed by atoms with Crippen LogP contribution in [0.5, 0.6) is 5.75 Å². The van der Waals surface area contributed by atoms with E-state index in [9.17, 15) is 13.5 Å². The fourth-order valence-corrected chi connectivity index (χ4v) is 5.76. The minimum Gasteiger partial charge on any atom is -0.507 e. The van der Waals surface area contributed by atoms with Crippen molar-refractivity contribution in [1.82, 2.24) is 14.1 Å². The largest absolute Gasteiger partial charge is 0.507 e. The molecule has 1 aliphatic rings. The Morgan fingerprint density at radius 3 is 2.38 bits per heavy atom. The van der Waals surface area contributed by atoms with Crippen molar-refractivity contribution < 1.29 is 13.5 Å². The highest BCUT2D eigenvalue weighted by molar-refractivity contribution is 7.89. The number of nitriles is 1. The van der Waals surface area contributed by atoms with Crippen LogP contribution in [0.2, 0.25) is 0 Å². The van der Waals surface area contributed by atoms with Crippen LogP contribution in [0.4, 0.5) is 0 Å². The van der Waals surface area contributed by atoms with Crippen molar-refractivity contribution in [3.63, 3.8) is 0 Å². The summed E-state index contributed by atoms with van der Waals surface area (Å²) < 4.78 is 29.2. The number of hydrogen-bond donors (Lipinski definition) is 1. The number of rotatable bonds is 5. The molecule has 0 atom stereocenters. The molecule has 0 amide bonds. The number of aromatic nitrogens is 2. The summed E-state index contributed by atoms with van der Waals surface area (Å²) in [5.74, 6) is -0.0537. The van der Waals surface area contributed by atoms with Crippen molar-refractivity contribution in [1.29, 1.82) is 5.26 Å². The zero-order valence-corrected chi connectivity index (χ0v) is 19.1. The highest BCUT2D eigenvalue weighted by Crippen LogP contribution is 2.31. The molecule has 1 N–H and O–H groups in total. The summed E-state index contributed by atoms with van der Waals surface area (Å²) in [7, 11) is -3.44. The second-order valence-electron chi connectivity index (χ2n) is 8.16. The highest BCUT2D eigenvalue weighted by atomic mass is 32.2. The molecule has 0 saturated carbocycles. The number of piperidine rings is 1. The lowest BCUT2D eigenvalue weighted by atomic mass is 10.0. The van der Waals surface area contributed by atoms with E-state index >= 15 is 0 Å². The molecule has 32 heavy (non-hydrogen) atoms. The van der Waals surface area contributed by atoms with Gasteiger partial charge >= 0.3 is 0 Å². The Labute approximate surface area is 188 Å². The molecule has 2 aromatic carbocycles. The summed E-state index contributed by atoms with van der Waals surface area (Å²) in [6, 6.07) is 14.0. The average Bonchev–Trinajstić information content (AvgIpc) is 3.07. The van der Waals surface area contributed by atoms with Gasteiger partial charge in [-0.25, -0.2) is 8.42 Å². The number of sulfonamides is 1. The third-order valence-electron chi connectivity index (χ3n) is 6.00. The van der Waals surface area contributed by atoms with Gasteiger partial charge in [-0.1, -0.05) is 24.6 Å². The summed E-state index contributed by atoms with van der Waals surface area (Å²) in [5.41, 5.74) is 4.63. The maximum atomic E-state index is 12.9. The average molecular weight is 451 g/mol. The standard InChI is InChI=1S/C24H26N4O3S/c1-17-24(20-8-9-21(15-25)23(29)14-20)18(2)28(26-17)16-19-6-10-22(11-7-19)32(30,31)27-12-4-3-5-13-27/h6-11,14,29H,3-5,12-13,16H2,1-2H3. The van der Waals surface area contributed by atoms with E-state index in [1.54, 1.807) is 34.6 Å². The summed E-state index contributed by atoms with van der Waals surface area (Å²) in [6.07, 6.45) is 2.90. The molecule has 0 bridgehead atoms. The number of phenolic OH excluding ortho intramolecular Hbond substituents is 1. The van der Waals surface area contributed by atoms with E-state index in [0.717, 1.165) is 47.3 Å². The van der Waals surface area contributed by atoms with Crippen LogP contribution in [-0.2, 0) is 16.6 Å². The summed E-state index contributed by atoms with van der Waals surface area (Å²) >= 11 is 0. The minimum atomic E-state index is -3.44. The summed E-state index contributed by atoms with van der Waals surface area (Å²) in [5, 5.41) is 23.7. The molecular formula is C24H26N4O3S. The first-order chi connectivity index (χ1) is 15.3. The van der Waals surface area contributed by atoms with Gasteiger partial charge in [0, 0.05) is 24.3 Å². The van der Waals surface area contributed by atoms with Gasteiger partial charge in [-0.2, -0.15) is 14.7 Å². The van der Waals surface area contributed by atoms with Gasteiger partial charge in [0.05, 0.1) is 22.7 Å². The number of aromatic hydroxyl groups is 1. The lowest BCUT2D eigenvalue weighted by molar-refractivity contribution is 0.346. The van der Waals surface area contributed by atoms with Crippen LogP contribution in [-0.4, -0.2) is 40.7 Å². The molecule has 1 fully saturated rings. The molecule has 1 saturated heterocycles. The molecular weight excluding hydrogens is 424 g/mol. The smallest absolute Gasteiger partial charge is 0.243 e. The van der Waals surface area contributed by atoms with E-state index in [2.05, 4.69) is 5.10 Å². The maximum Gasteiger partial charge on any atom is 0.243 e. The van der Waals surface area contributed by atoms with E-state index in [4.69, 9.17) is 5.26 Å². The molecule has 4 rings (SSSR count). The second-order valence-corrected chi connectivity index (χ2v) is 10.1. The van der Waals surface area contributed by atoms with Gasteiger partial charge in [-0.15, -0.1) is 0 Å². The third kappa shape index (κ3) is 4.14. The van der Waals surface area contributed by atoms with Crippen molar-refractivity contribution in [2.24, 2.45) is 0 Å².